The maximum absolute atomic E-state index is 10.3. The molecular formula is C11H32N2O4. The highest BCUT2D eigenvalue weighted by molar-refractivity contribution is 5.75. The van der Waals surface area contributed by atoms with Crippen molar-refractivity contribution in [2.45, 2.75) is 49.0 Å². The number of hydrogen-bond acceptors (Lipinski definition) is 3. The zero-order valence-corrected chi connectivity index (χ0v) is 9.96. The summed E-state index contributed by atoms with van der Waals surface area (Å²) in [6.07, 6.45) is 0.591. The molecule has 0 aromatic rings. The molecule has 0 unspecified atom stereocenters. The minimum Gasteiger partial charge on any atom is -0.481 e. The molecule has 0 aliphatic carbocycles. The molecular weight excluding hydrogens is 224 g/mol. The van der Waals surface area contributed by atoms with Crippen LogP contribution in [0.15, 0.2) is 0 Å². The maximum atomic E-state index is 10.3. The Morgan fingerprint density at radius 1 is 1.18 bits per heavy atom. The summed E-state index contributed by atoms with van der Waals surface area (Å²) in [7, 11) is 0. The molecule has 0 atom stereocenters. The third kappa shape index (κ3) is 165. The molecule has 0 bridgehead atoms. The van der Waals surface area contributed by atoms with Crippen LogP contribution >= 0.6 is 0 Å². The van der Waals surface area contributed by atoms with Gasteiger partial charge in [0.05, 0.1) is 0 Å². The molecule has 6 nitrogen and oxygen atoms in total. The predicted octanol–water partition coefficient (Wildman–Crippen LogP) is 1.04. The summed E-state index contributed by atoms with van der Waals surface area (Å²) < 4.78 is 0. The molecule has 0 heterocycles. The first-order valence-corrected chi connectivity index (χ1v) is 4.62. The molecule has 0 aromatic heterocycles. The van der Waals surface area contributed by atoms with Gasteiger partial charge in [0.15, 0.2) is 0 Å². The number of hydrogen-bond donors (Lipinski definition) is 3. The molecule has 1 amide bonds. The average Bonchev–Trinajstić information content (AvgIpc) is 2.05. The van der Waals surface area contributed by atoms with Crippen molar-refractivity contribution in [1.82, 2.24) is 5.32 Å². The van der Waals surface area contributed by atoms with Gasteiger partial charge in [-0.15, -0.1) is 0 Å². The van der Waals surface area contributed by atoms with Crippen LogP contribution in [-0.4, -0.2) is 35.5 Å². The SMILES string of the molecule is C.C.CC(=O)O.CCN.CCNC(=O)CC.O. The molecule has 0 saturated carbocycles. The van der Waals surface area contributed by atoms with Crippen molar-refractivity contribution in [3.63, 3.8) is 0 Å². The van der Waals surface area contributed by atoms with E-state index in [9.17, 15) is 4.79 Å². The lowest BCUT2D eigenvalue weighted by Gasteiger charge is -1.93. The van der Waals surface area contributed by atoms with Gasteiger partial charge in [-0.2, -0.15) is 0 Å². The zero-order valence-electron chi connectivity index (χ0n) is 9.96. The van der Waals surface area contributed by atoms with Crippen molar-refractivity contribution in [2.75, 3.05) is 13.1 Å². The third-order valence-electron chi connectivity index (χ3n) is 0.695. The predicted molar refractivity (Wildman–Crippen MR) is 74.1 cm³/mol. The highest BCUT2D eigenvalue weighted by Gasteiger charge is 1.88. The number of carbonyl (C=O) groups is 2. The topological polar surface area (TPSA) is 124 Å². The summed E-state index contributed by atoms with van der Waals surface area (Å²) in [6, 6.07) is 0. The molecule has 110 valence electrons. The van der Waals surface area contributed by atoms with Crippen molar-refractivity contribution >= 4 is 11.9 Å². The fourth-order valence-corrected chi connectivity index (χ4v) is 0.322. The monoisotopic (exact) mass is 256 g/mol. The van der Waals surface area contributed by atoms with E-state index < -0.39 is 5.97 Å². The summed E-state index contributed by atoms with van der Waals surface area (Å²) in [5.41, 5.74) is 4.85. The normalized spacial score (nSPS) is 5.94. The van der Waals surface area contributed by atoms with Crippen LogP contribution in [0.2, 0.25) is 0 Å². The second-order valence-corrected chi connectivity index (χ2v) is 2.23. The molecule has 6 N–H and O–H groups in total. The highest BCUT2D eigenvalue weighted by atomic mass is 16.4. The first-order chi connectivity index (χ1) is 6.45. The fourth-order valence-electron chi connectivity index (χ4n) is 0.322. The summed E-state index contributed by atoms with van der Waals surface area (Å²) in [5.74, 6) is -0.706. The fraction of sp³-hybridized carbons (Fsp3) is 0.818. The van der Waals surface area contributed by atoms with E-state index in [4.69, 9.17) is 15.6 Å². The van der Waals surface area contributed by atoms with Crippen LogP contribution in [0.5, 0.6) is 0 Å². The van der Waals surface area contributed by atoms with Gasteiger partial charge in [-0.05, 0) is 13.5 Å². The van der Waals surface area contributed by atoms with E-state index in [1.165, 1.54) is 0 Å². The Morgan fingerprint density at radius 2 is 1.41 bits per heavy atom. The first kappa shape index (κ1) is 36.0. The lowest BCUT2D eigenvalue weighted by Crippen LogP contribution is -2.20. The van der Waals surface area contributed by atoms with Gasteiger partial charge in [-0.25, -0.2) is 0 Å². The summed E-state index contributed by atoms with van der Waals surface area (Å²) in [6.45, 7) is 8.23. The number of rotatable bonds is 2. The largest absolute Gasteiger partial charge is 0.481 e. The molecule has 6 heteroatoms. The van der Waals surface area contributed by atoms with Crippen LogP contribution in [0, 0.1) is 0 Å². The first-order valence-electron chi connectivity index (χ1n) is 4.62. The Bertz CT molecular complexity index is 137. The van der Waals surface area contributed by atoms with E-state index in [-0.39, 0.29) is 26.2 Å². The number of aliphatic carboxylic acids is 1. The van der Waals surface area contributed by atoms with Gasteiger partial charge in [-0.1, -0.05) is 28.7 Å². The maximum Gasteiger partial charge on any atom is 0.300 e. The van der Waals surface area contributed by atoms with Crippen molar-refractivity contribution in [2.24, 2.45) is 5.73 Å². The molecule has 0 aromatic carbocycles. The molecule has 0 fully saturated rings. The molecule has 17 heavy (non-hydrogen) atoms. The van der Waals surface area contributed by atoms with Crippen molar-refractivity contribution < 1.29 is 20.2 Å². The second kappa shape index (κ2) is 36.4. The Morgan fingerprint density at radius 3 is 1.47 bits per heavy atom. The number of nitrogens with two attached hydrogens (primary N) is 1. The molecule has 0 spiro atoms. The zero-order chi connectivity index (χ0) is 12.0. The molecule has 0 aliphatic heterocycles. The summed E-state index contributed by atoms with van der Waals surface area (Å²) in [5, 5.41) is 10.1. The number of amides is 1. The van der Waals surface area contributed by atoms with Crippen molar-refractivity contribution in [3.05, 3.63) is 0 Å². The van der Waals surface area contributed by atoms with Crippen molar-refractivity contribution in [3.8, 4) is 0 Å². The quantitative estimate of drug-likeness (QED) is 0.682. The minimum atomic E-state index is -0.833. The van der Waals surface area contributed by atoms with Crippen LogP contribution in [0.1, 0.15) is 49.0 Å². The van der Waals surface area contributed by atoms with Crippen LogP contribution in [0.25, 0.3) is 0 Å². The summed E-state index contributed by atoms with van der Waals surface area (Å²) in [4.78, 5) is 19.3. The van der Waals surface area contributed by atoms with E-state index in [1.807, 2.05) is 20.8 Å². The van der Waals surface area contributed by atoms with E-state index >= 15 is 0 Å². The lowest BCUT2D eigenvalue weighted by molar-refractivity contribution is -0.134. The van der Waals surface area contributed by atoms with E-state index in [1.54, 1.807) is 0 Å². The summed E-state index contributed by atoms with van der Waals surface area (Å²) >= 11 is 0. The van der Waals surface area contributed by atoms with Gasteiger partial charge in [0.25, 0.3) is 5.97 Å². The van der Waals surface area contributed by atoms with Gasteiger partial charge in [0.1, 0.15) is 0 Å². The number of carboxylic acid groups (broad SMARTS) is 1. The van der Waals surface area contributed by atoms with Gasteiger partial charge >= 0.3 is 0 Å². The van der Waals surface area contributed by atoms with Crippen LogP contribution in [0.4, 0.5) is 0 Å². The highest BCUT2D eigenvalue weighted by Crippen LogP contribution is 1.70. The van der Waals surface area contributed by atoms with Gasteiger partial charge in [0, 0.05) is 19.9 Å². The van der Waals surface area contributed by atoms with Gasteiger partial charge in [0.2, 0.25) is 5.91 Å². The van der Waals surface area contributed by atoms with Crippen LogP contribution in [0.3, 0.4) is 0 Å². The van der Waals surface area contributed by atoms with E-state index in [2.05, 4.69) is 5.32 Å². The Labute approximate surface area is 106 Å². The minimum absolute atomic E-state index is 0. The van der Waals surface area contributed by atoms with Crippen LogP contribution in [-0.2, 0) is 9.59 Å². The van der Waals surface area contributed by atoms with Gasteiger partial charge < -0.3 is 21.6 Å². The number of carboxylic acids is 1. The Hall–Kier alpha value is -1.14. The Kier molecular flexibility index (Phi) is 77.1. The van der Waals surface area contributed by atoms with Crippen LogP contribution < -0.4 is 11.1 Å². The van der Waals surface area contributed by atoms with Gasteiger partial charge in [-0.3, -0.25) is 9.59 Å². The smallest absolute Gasteiger partial charge is 0.300 e. The number of carbonyl (C=O) groups excluding carboxylic acids is 1. The third-order valence-corrected chi connectivity index (χ3v) is 0.695. The molecule has 0 saturated heterocycles. The average molecular weight is 256 g/mol. The lowest BCUT2D eigenvalue weighted by atomic mass is 10.4. The van der Waals surface area contributed by atoms with E-state index in [0.717, 1.165) is 20.0 Å². The molecule has 0 aliphatic rings. The van der Waals surface area contributed by atoms with Crippen molar-refractivity contribution in [1.29, 1.82) is 0 Å². The molecule has 0 radical (unpaired) electrons. The molecule has 0 rings (SSSR count). The number of nitrogens with one attached hydrogen (secondary N) is 1. The standard InChI is InChI=1S/C5H11NO.C2H7N.C2H4O2.2CH4.H2O/c1-3-5(7)6-4-2;1-2-3;1-2(3)4;;;/h3-4H2,1-2H3,(H,6,7);2-3H2,1H3;1H3,(H,3,4);2*1H4;1H2. The van der Waals surface area contributed by atoms with E-state index in [0.29, 0.717) is 6.42 Å². The second-order valence-electron chi connectivity index (χ2n) is 2.23. The Balaban J connectivity index is -0.0000000268.